The molecule has 3 heteroatoms. The summed E-state index contributed by atoms with van der Waals surface area (Å²) < 4.78 is 6.69. The van der Waals surface area contributed by atoms with Crippen LogP contribution in [-0.2, 0) is 5.41 Å². The molecule has 0 aliphatic rings. The minimum absolute atomic E-state index is 0.120. The van der Waals surface area contributed by atoms with Crippen molar-refractivity contribution in [3.05, 3.63) is 23.2 Å². The van der Waals surface area contributed by atoms with E-state index < -0.39 is 0 Å². The summed E-state index contributed by atoms with van der Waals surface area (Å²) in [5.74, 6) is 0.930. The van der Waals surface area contributed by atoms with E-state index in [1.165, 1.54) is 9.71 Å². The number of ether oxygens (including phenoxy) is 1. The number of thiazole rings is 1. The molecule has 0 saturated heterocycles. The highest BCUT2D eigenvalue weighted by Gasteiger charge is 2.18. The van der Waals surface area contributed by atoms with Gasteiger partial charge in [0.25, 0.3) is 0 Å². The fourth-order valence-electron chi connectivity index (χ4n) is 1.48. The van der Waals surface area contributed by atoms with Gasteiger partial charge in [-0.25, -0.2) is 4.98 Å². The van der Waals surface area contributed by atoms with Crippen LogP contribution in [0.3, 0.4) is 0 Å². The molecule has 86 valence electrons. The molecular formula is C13H17NOS. The van der Waals surface area contributed by atoms with Crippen molar-refractivity contribution >= 4 is 21.6 Å². The van der Waals surface area contributed by atoms with Crippen molar-refractivity contribution in [1.82, 2.24) is 4.98 Å². The van der Waals surface area contributed by atoms with Crippen LogP contribution >= 0.6 is 11.3 Å². The van der Waals surface area contributed by atoms with Gasteiger partial charge < -0.3 is 4.74 Å². The largest absolute Gasteiger partial charge is 0.494 e. The van der Waals surface area contributed by atoms with E-state index in [0.717, 1.165) is 11.3 Å². The molecule has 2 nitrogen and oxygen atoms in total. The van der Waals surface area contributed by atoms with Crippen molar-refractivity contribution in [3.8, 4) is 5.75 Å². The zero-order chi connectivity index (χ0) is 11.8. The fourth-order valence-corrected chi connectivity index (χ4v) is 2.53. The van der Waals surface area contributed by atoms with E-state index >= 15 is 0 Å². The molecule has 0 saturated carbocycles. The number of rotatable bonds is 2. The lowest BCUT2D eigenvalue weighted by atomic mass is 9.98. The summed E-state index contributed by atoms with van der Waals surface area (Å²) in [5, 5.41) is 1.18. The van der Waals surface area contributed by atoms with Gasteiger partial charge in [0.15, 0.2) is 0 Å². The lowest BCUT2D eigenvalue weighted by Gasteiger charge is -2.13. The average Bonchev–Trinajstić information content (AvgIpc) is 2.60. The molecule has 0 amide bonds. The van der Waals surface area contributed by atoms with Crippen LogP contribution in [0, 0.1) is 0 Å². The van der Waals surface area contributed by atoms with E-state index in [1.54, 1.807) is 11.3 Å². The van der Waals surface area contributed by atoms with Gasteiger partial charge in [-0.2, -0.15) is 0 Å². The Morgan fingerprint density at radius 3 is 2.69 bits per heavy atom. The van der Waals surface area contributed by atoms with Crippen LogP contribution < -0.4 is 4.74 Å². The summed E-state index contributed by atoms with van der Waals surface area (Å²) in [5.41, 5.74) is 1.19. The maximum absolute atomic E-state index is 5.49. The molecule has 0 radical (unpaired) electrons. The smallest absolute Gasteiger partial charge is 0.120 e. The summed E-state index contributed by atoms with van der Waals surface area (Å²) in [6.45, 7) is 9.27. The number of aromatic nitrogens is 1. The van der Waals surface area contributed by atoms with E-state index in [1.807, 2.05) is 19.1 Å². The van der Waals surface area contributed by atoms with Crippen molar-refractivity contribution in [2.45, 2.75) is 33.1 Å². The molecule has 1 heterocycles. The average molecular weight is 235 g/mol. The van der Waals surface area contributed by atoms with Gasteiger partial charge in [-0.05, 0) is 25.1 Å². The predicted octanol–water partition coefficient (Wildman–Crippen LogP) is 3.99. The Kier molecular flexibility index (Phi) is 2.89. The third kappa shape index (κ3) is 2.19. The second-order valence-electron chi connectivity index (χ2n) is 4.83. The second-order valence-corrected chi connectivity index (χ2v) is 5.86. The van der Waals surface area contributed by atoms with Gasteiger partial charge in [-0.1, -0.05) is 20.8 Å². The Balaban J connectivity index is 2.46. The summed E-state index contributed by atoms with van der Waals surface area (Å²) >= 11 is 1.75. The van der Waals surface area contributed by atoms with Gasteiger partial charge in [0.05, 0.1) is 21.8 Å². The Morgan fingerprint density at radius 1 is 1.31 bits per heavy atom. The van der Waals surface area contributed by atoms with Crippen molar-refractivity contribution < 1.29 is 4.74 Å². The van der Waals surface area contributed by atoms with E-state index in [4.69, 9.17) is 4.74 Å². The van der Waals surface area contributed by atoms with Gasteiger partial charge in [-0.15, -0.1) is 11.3 Å². The van der Waals surface area contributed by atoms with Crippen molar-refractivity contribution in [2.75, 3.05) is 6.61 Å². The lowest BCUT2D eigenvalue weighted by molar-refractivity contribution is 0.341. The van der Waals surface area contributed by atoms with E-state index in [2.05, 4.69) is 31.8 Å². The third-order valence-electron chi connectivity index (χ3n) is 2.31. The predicted molar refractivity (Wildman–Crippen MR) is 69.5 cm³/mol. The maximum Gasteiger partial charge on any atom is 0.120 e. The lowest BCUT2D eigenvalue weighted by Crippen LogP contribution is -2.09. The first-order valence-electron chi connectivity index (χ1n) is 5.54. The Hall–Kier alpha value is -1.09. The van der Waals surface area contributed by atoms with Crippen LogP contribution in [0.4, 0.5) is 0 Å². The van der Waals surface area contributed by atoms with Gasteiger partial charge in [-0.3, -0.25) is 0 Å². The fraction of sp³-hybridized carbons (Fsp3) is 0.462. The van der Waals surface area contributed by atoms with Crippen molar-refractivity contribution in [2.24, 2.45) is 0 Å². The van der Waals surface area contributed by atoms with Crippen LogP contribution in [0.2, 0.25) is 0 Å². The molecule has 0 fully saturated rings. The zero-order valence-corrected chi connectivity index (χ0v) is 11.0. The highest BCUT2D eigenvalue weighted by Crippen LogP contribution is 2.32. The highest BCUT2D eigenvalue weighted by atomic mass is 32.1. The molecule has 0 unspecified atom stereocenters. The number of nitrogens with zero attached hydrogens (tertiary/aromatic N) is 1. The van der Waals surface area contributed by atoms with Gasteiger partial charge in [0.1, 0.15) is 5.75 Å². The molecule has 0 atom stereocenters. The Bertz CT molecular complexity index is 496. The molecular weight excluding hydrogens is 218 g/mol. The topological polar surface area (TPSA) is 22.1 Å². The van der Waals surface area contributed by atoms with E-state index in [9.17, 15) is 0 Å². The molecule has 0 spiro atoms. The van der Waals surface area contributed by atoms with Crippen LogP contribution in [0.1, 0.15) is 32.7 Å². The molecule has 0 N–H and O–H groups in total. The molecule has 0 bridgehead atoms. The van der Waals surface area contributed by atoms with Gasteiger partial charge >= 0.3 is 0 Å². The van der Waals surface area contributed by atoms with Crippen molar-refractivity contribution in [3.63, 3.8) is 0 Å². The molecule has 16 heavy (non-hydrogen) atoms. The molecule has 1 aromatic carbocycles. The first kappa shape index (κ1) is 11.4. The van der Waals surface area contributed by atoms with Crippen molar-refractivity contribution in [1.29, 1.82) is 0 Å². The number of hydrogen-bond donors (Lipinski definition) is 0. The quantitative estimate of drug-likeness (QED) is 0.785. The standard InChI is InChI=1S/C13H17NOS/c1-5-15-9-6-7-10-11(8-9)16-12(14-10)13(2,3)4/h6-8H,5H2,1-4H3. The molecule has 0 aliphatic carbocycles. The second kappa shape index (κ2) is 4.06. The van der Waals surface area contributed by atoms with Gasteiger partial charge in [0.2, 0.25) is 0 Å². The number of hydrogen-bond acceptors (Lipinski definition) is 3. The third-order valence-corrected chi connectivity index (χ3v) is 3.76. The number of fused-ring (bicyclic) bond motifs is 1. The summed E-state index contributed by atoms with van der Waals surface area (Å²) in [7, 11) is 0. The molecule has 1 aromatic heterocycles. The Morgan fingerprint density at radius 2 is 2.06 bits per heavy atom. The summed E-state index contributed by atoms with van der Waals surface area (Å²) in [6, 6.07) is 6.09. The number of benzene rings is 1. The van der Waals surface area contributed by atoms with E-state index in [0.29, 0.717) is 6.61 Å². The maximum atomic E-state index is 5.49. The van der Waals surface area contributed by atoms with Crippen LogP contribution in [0.25, 0.3) is 10.2 Å². The summed E-state index contributed by atoms with van der Waals surface area (Å²) in [4.78, 5) is 4.65. The van der Waals surface area contributed by atoms with Crippen LogP contribution in [-0.4, -0.2) is 11.6 Å². The molecule has 2 aromatic rings. The normalized spacial score (nSPS) is 12.0. The first-order chi connectivity index (χ1) is 7.50. The monoisotopic (exact) mass is 235 g/mol. The van der Waals surface area contributed by atoms with Gasteiger partial charge in [0, 0.05) is 5.41 Å². The molecule has 0 aliphatic heterocycles. The Labute approximate surface area is 100 Å². The minimum Gasteiger partial charge on any atom is -0.494 e. The zero-order valence-electron chi connectivity index (χ0n) is 10.2. The highest BCUT2D eigenvalue weighted by molar-refractivity contribution is 7.18. The van der Waals surface area contributed by atoms with Crippen LogP contribution in [0.15, 0.2) is 18.2 Å². The summed E-state index contributed by atoms with van der Waals surface area (Å²) in [6.07, 6.45) is 0. The van der Waals surface area contributed by atoms with Crippen LogP contribution in [0.5, 0.6) is 5.75 Å². The minimum atomic E-state index is 0.120. The van der Waals surface area contributed by atoms with E-state index in [-0.39, 0.29) is 5.41 Å². The SMILES string of the molecule is CCOc1ccc2nc(C(C)(C)C)sc2c1. The first-order valence-corrected chi connectivity index (χ1v) is 6.36. The molecule has 2 rings (SSSR count).